The zero-order valence-electron chi connectivity index (χ0n) is 14.3. The predicted octanol–water partition coefficient (Wildman–Crippen LogP) is 3.83. The average molecular weight is 323 g/mol. The van der Waals surface area contributed by atoms with Gasteiger partial charge in [-0.15, -0.1) is 0 Å². The van der Waals surface area contributed by atoms with E-state index in [1.807, 2.05) is 41.9 Å². The van der Waals surface area contributed by atoms with E-state index in [2.05, 4.69) is 10.00 Å². The van der Waals surface area contributed by atoms with Crippen molar-refractivity contribution in [1.82, 2.24) is 14.7 Å². The van der Waals surface area contributed by atoms with E-state index in [9.17, 15) is 4.79 Å². The average Bonchev–Trinajstić information content (AvgIpc) is 3.07. The van der Waals surface area contributed by atoms with Gasteiger partial charge in [0, 0.05) is 30.5 Å². The van der Waals surface area contributed by atoms with Gasteiger partial charge >= 0.3 is 0 Å². The maximum atomic E-state index is 12.8. The number of aromatic nitrogens is 2. The molecule has 0 bridgehead atoms. The zero-order valence-corrected chi connectivity index (χ0v) is 14.3. The van der Waals surface area contributed by atoms with Gasteiger partial charge in [-0.1, -0.05) is 19.3 Å². The molecule has 2 fully saturated rings. The van der Waals surface area contributed by atoms with E-state index in [0.29, 0.717) is 0 Å². The monoisotopic (exact) mass is 323 g/mol. The lowest BCUT2D eigenvalue weighted by Crippen LogP contribution is -2.44. The normalized spacial score (nSPS) is 23.8. The Morgan fingerprint density at radius 1 is 1.04 bits per heavy atom. The van der Waals surface area contributed by atoms with Crippen LogP contribution in [0.5, 0.6) is 0 Å². The Labute approximate surface area is 143 Å². The van der Waals surface area contributed by atoms with E-state index < -0.39 is 0 Å². The molecule has 0 spiro atoms. The molecule has 1 saturated carbocycles. The van der Waals surface area contributed by atoms with Crippen molar-refractivity contribution < 1.29 is 4.79 Å². The maximum absolute atomic E-state index is 12.8. The summed E-state index contributed by atoms with van der Waals surface area (Å²) in [6.45, 7) is 3.89. The van der Waals surface area contributed by atoms with Crippen LogP contribution < -0.4 is 0 Å². The van der Waals surface area contributed by atoms with Crippen molar-refractivity contribution in [2.75, 3.05) is 13.1 Å². The minimum atomic E-state index is 0.183. The van der Waals surface area contributed by atoms with Gasteiger partial charge < -0.3 is 4.90 Å². The number of benzene rings is 1. The molecule has 1 saturated heterocycles. The van der Waals surface area contributed by atoms with Crippen LogP contribution in [0.4, 0.5) is 0 Å². The number of aryl methyl sites for hydroxylation is 1. The molecule has 4 heteroatoms. The van der Waals surface area contributed by atoms with Crippen molar-refractivity contribution in [2.24, 2.45) is 11.8 Å². The first-order valence-electron chi connectivity index (χ1n) is 9.13. The van der Waals surface area contributed by atoms with Gasteiger partial charge in [-0.05, 0) is 61.9 Å². The van der Waals surface area contributed by atoms with Crippen LogP contribution in [0, 0.1) is 18.8 Å². The number of likely N-dealkylation sites (tertiary alicyclic amines) is 1. The Hall–Kier alpha value is -2.10. The van der Waals surface area contributed by atoms with Crippen molar-refractivity contribution in [3.05, 3.63) is 47.8 Å². The molecule has 1 aromatic carbocycles. The summed E-state index contributed by atoms with van der Waals surface area (Å²) in [5.74, 6) is 1.76. The summed E-state index contributed by atoms with van der Waals surface area (Å²) in [6, 6.07) is 9.83. The van der Waals surface area contributed by atoms with Crippen molar-refractivity contribution in [3.63, 3.8) is 0 Å². The summed E-state index contributed by atoms with van der Waals surface area (Å²) in [5, 5.41) is 4.32. The molecule has 0 unspecified atom stereocenters. The highest BCUT2D eigenvalue weighted by atomic mass is 16.2. The second-order valence-corrected chi connectivity index (χ2v) is 7.28. The van der Waals surface area contributed by atoms with Gasteiger partial charge in [-0.3, -0.25) is 4.79 Å². The molecule has 1 aliphatic carbocycles. The van der Waals surface area contributed by atoms with Crippen LogP contribution in [-0.4, -0.2) is 33.7 Å². The number of hydrogen-bond acceptors (Lipinski definition) is 2. The Balaban J connectivity index is 1.47. The summed E-state index contributed by atoms with van der Waals surface area (Å²) in [4.78, 5) is 14.9. The molecule has 1 aliphatic heterocycles. The molecule has 4 rings (SSSR count). The quantitative estimate of drug-likeness (QED) is 0.842. The Morgan fingerprint density at radius 2 is 1.79 bits per heavy atom. The van der Waals surface area contributed by atoms with E-state index in [1.54, 1.807) is 6.20 Å². The minimum Gasteiger partial charge on any atom is -0.338 e. The number of rotatable bonds is 2. The van der Waals surface area contributed by atoms with Gasteiger partial charge in [0.25, 0.3) is 5.91 Å². The van der Waals surface area contributed by atoms with E-state index in [-0.39, 0.29) is 5.91 Å². The first-order valence-corrected chi connectivity index (χ1v) is 9.13. The van der Waals surface area contributed by atoms with Crippen molar-refractivity contribution in [2.45, 2.75) is 39.0 Å². The van der Waals surface area contributed by atoms with E-state index in [0.717, 1.165) is 41.9 Å². The molecule has 2 atom stereocenters. The molecule has 4 nitrogen and oxygen atoms in total. The summed E-state index contributed by atoms with van der Waals surface area (Å²) in [6.07, 6.45) is 8.35. The number of fused-ring (bicyclic) bond motifs is 1. The fourth-order valence-electron chi connectivity index (χ4n) is 4.35. The van der Waals surface area contributed by atoms with Crippen LogP contribution in [0.25, 0.3) is 5.69 Å². The van der Waals surface area contributed by atoms with Gasteiger partial charge in [0.2, 0.25) is 0 Å². The third-order valence-corrected chi connectivity index (χ3v) is 5.77. The van der Waals surface area contributed by atoms with Crippen LogP contribution in [0.15, 0.2) is 36.5 Å². The molecule has 2 heterocycles. The first kappa shape index (κ1) is 15.4. The molecule has 126 valence electrons. The molecule has 2 aromatic rings. The lowest BCUT2D eigenvalue weighted by atomic mass is 9.75. The van der Waals surface area contributed by atoms with Gasteiger partial charge in [0.1, 0.15) is 0 Å². The number of amides is 1. The number of nitrogens with zero attached hydrogens (tertiary/aromatic N) is 3. The Morgan fingerprint density at radius 3 is 2.50 bits per heavy atom. The number of carbonyl (C=O) groups is 1. The van der Waals surface area contributed by atoms with Gasteiger partial charge in [-0.2, -0.15) is 5.10 Å². The topological polar surface area (TPSA) is 38.1 Å². The summed E-state index contributed by atoms with van der Waals surface area (Å²) in [7, 11) is 0. The second kappa shape index (κ2) is 6.42. The highest BCUT2D eigenvalue weighted by Gasteiger charge is 2.33. The van der Waals surface area contributed by atoms with Gasteiger partial charge in [0.05, 0.1) is 5.69 Å². The van der Waals surface area contributed by atoms with Crippen LogP contribution in [-0.2, 0) is 0 Å². The number of carbonyl (C=O) groups excluding carboxylic acids is 1. The SMILES string of the molecule is Cc1ccnn1-c1ccc(C(=O)N2CC[C@H]3CCCC[C@H]3C2)cc1. The lowest BCUT2D eigenvalue weighted by Gasteiger charge is -2.41. The van der Waals surface area contributed by atoms with E-state index in [4.69, 9.17) is 0 Å². The fraction of sp³-hybridized carbons (Fsp3) is 0.500. The maximum Gasteiger partial charge on any atom is 0.253 e. The molecule has 0 N–H and O–H groups in total. The zero-order chi connectivity index (χ0) is 16.5. The molecule has 1 amide bonds. The highest BCUT2D eigenvalue weighted by molar-refractivity contribution is 5.94. The fourth-order valence-corrected chi connectivity index (χ4v) is 4.35. The molecule has 2 aliphatic rings. The Bertz CT molecular complexity index is 719. The lowest BCUT2D eigenvalue weighted by molar-refractivity contribution is 0.0521. The summed E-state index contributed by atoms with van der Waals surface area (Å²) >= 11 is 0. The van der Waals surface area contributed by atoms with Gasteiger partial charge in [0.15, 0.2) is 0 Å². The molecule has 24 heavy (non-hydrogen) atoms. The number of piperidine rings is 1. The van der Waals surface area contributed by atoms with Crippen LogP contribution >= 0.6 is 0 Å². The molecular weight excluding hydrogens is 298 g/mol. The van der Waals surface area contributed by atoms with Crippen LogP contribution in [0.2, 0.25) is 0 Å². The second-order valence-electron chi connectivity index (χ2n) is 7.28. The predicted molar refractivity (Wildman–Crippen MR) is 94.3 cm³/mol. The largest absolute Gasteiger partial charge is 0.338 e. The van der Waals surface area contributed by atoms with E-state index in [1.165, 1.54) is 32.1 Å². The van der Waals surface area contributed by atoms with Crippen LogP contribution in [0.1, 0.15) is 48.2 Å². The van der Waals surface area contributed by atoms with Crippen LogP contribution in [0.3, 0.4) is 0 Å². The molecule has 0 radical (unpaired) electrons. The number of hydrogen-bond donors (Lipinski definition) is 0. The van der Waals surface area contributed by atoms with Gasteiger partial charge in [-0.25, -0.2) is 4.68 Å². The third-order valence-electron chi connectivity index (χ3n) is 5.77. The molecule has 1 aromatic heterocycles. The summed E-state index contributed by atoms with van der Waals surface area (Å²) in [5.41, 5.74) is 2.88. The third kappa shape index (κ3) is 2.85. The summed E-state index contributed by atoms with van der Waals surface area (Å²) < 4.78 is 1.89. The smallest absolute Gasteiger partial charge is 0.253 e. The van der Waals surface area contributed by atoms with E-state index >= 15 is 0 Å². The first-order chi connectivity index (χ1) is 11.7. The van der Waals surface area contributed by atoms with Crippen molar-refractivity contribution in [1.29, 1.82) is 0 Å². The Kier molecular flexibility index (Phi) is 4.13. The van der Waals surface area contributed by atoms with Crippen molar-refractivity contribution >= 4 is 5.91 Å². The minimum absolute atomic E-state index is 0.183. The standard InChI is InChI=1S/C20H25N3O/c1-15-10-12-21-23(15)19-8-6-17(7-9-19)20(24)22-13-11-16-4-2-3-5-18(16)14-22/h6-10,12,16,18H,2-5,11,13-14H2,1H3/t16-,18+/m1/s1. The molecular formula is C20H25N3O. The highest BCUT2D eigenvalue weighted by Crippen LogP contribution is 2.36. The van der Waals surface area contributed by atoms with Crippen molar-refractivity contribution in [3.8, 4) is 5.69 Å².